The molecule has 2 rings (SSSR count). The summed E-state index contributed by atoms with van der Waals surface area (Å²) in [5.41, 5.74) is 0.657. The van der Waals surface area contributed by atoms with E-state index < -0.39 is 11.8 Å². The molecule has 92 valence electrons. The quantitative estimate of drug-likeness (QED) is 0.757. The Kier molecular flexibility index (Phi) is 3.59. The molecule has 0 aromatic heterocycles. The van der Waals surface area contributed by atoms with Crippen molar-refractivity contribution in [2.24, 2.45) is 0 Å². The van der Waals surface area contributed by atoms with Crippen LogP contribution in [0.4, 0.5) is 4.79 Å². The van der Waals surface area contributed by atoms with E-state index in [9.17, 15) is 9.90 Å². The lowest BCUT2D eigenvalue weighted by Crippen LogP contribution is -2.49. The topological polar surface area (TPSA) is 61.4 Å². The van der Waals surface area contributed by atoms with E-state index in [4.69, 9.17) is 0 Å². The van der Waals surface area contributed by atoms with E-state index in [2.05, 4.69) is 22.8 Å². The average molecular weight is 252 g/mol. The molecule has 1 fully saturated rings. The first kappa shape index (κ1) is 12.3. The molecule has 1 aromatic rings. The van der Waals surface area contributed by atoms with Crippen molar-refractivity contribution in [3.63, 3.8) is 0 Å². The van der Waals surface area contributed by atoms with Gasteiger partial charge in [-0.25, -0.2) is 4.79 Å². The van der Waals surface area contributed by atoms with Crippen LogP contribution in [-0.4, -0.2) is 28.7 Å². The summed E-state index contributed by atoms with van der Waals surface area (Å²) in [6, 6.07) is 9.83. The van der Waals surface area contributed by atoms with Crippen molar-refractivity contribution in [2.75, 3.05) is 5.75 Å². The van der Waals surface area contributed by atoms with E-state index in [1.54, 1.807) is 11.8 Å². The Morgan fingerprint density at radius 1 is 1.41 bits per heavy atom. The second-order valence-electron chi connectivity index (χ2n) is 4.40. The Hall–Kier alpha value is -1.20. The summed E-state index contributed by atoms with van der Waals surface area (Å²) in [5, 5.41) is 14.9. The zero-order valence-electron chi connectivity index (χ0n) is 9.64. The van der Waals surface area contributed by atoms with E-state index >= 15 is 0 Å². The number of nitrogens with one attached hydrogen (secondary N) is 2. The average Bonchev–Trinajstić information content (AvgIpc) is 2.54. The number of carbonyl (C=O) groups excluding carboxylic acids is 1. The highest BCUT2D eigenvalue weighted by Gasteiger charge is 2.41. The zero-order chi connectivity index (χ0) is 12.3. The molecule has 17 heavy (non-hydrogen) atoms. The predicted octanol–water partition coefficient (Wildman–Crippen LogP) is 1.31. The van der Waals surface area contributed by atoms with Crippen molar-refractivity contribution in [3.8, 4) is 0 Å². The van der Waals surface area contributed by atoms with Crippen LogP contribution in [0.15, 0.2) is 30.3 Å². The van der Waals surface area contributed by atoms with Crippen LogP contribution < -0.4 is 10.6 Å². The number of hydrogen-bond acceptors (Lipinski definition) is 3. The predicted molar refractivity (Wildman–Crippen MR) is 68.7 cm³/mol. The lowest BCUT2D eigenvalue weighted by molar-refractivity contribution is 0.103. The Morgan fingerprint density at radius 2 is 2.12 bits per heavy atom. The number of aliphatic hydroxyl groups is 1. The summed E-state index contributed by atoms with van der Waals surface area (Å²) in [4.78, 5) is 11.1. The normalized spacial score (nSPS) is 27.6. The fourth-order valence-electron chi connectivity index (χ4n) is 1.72. The molecule has 2 amide bonds. The molecule has 2 atom stereocenters. The van der Waals surface area contributed by atoms with Gasteiger partial charge >= 0.3 is 6.03 Å². The summed E-state index contributed by atoms with van der Waals surface area (Å²) in [5.74, 6) is 1.54. The van der Waals surface area contributed by atoms with E-state index in [1.165, 1.54) is 5.56 Å². The van der Waals surface area contributed by atoms with E-state index in [1.807, 2.05) is 25.1 Å². The lowest BCUT2D eigenvalue weighted by atomic mass is 10.1. The van der Waals surface area contributed by atoms with E-state index in [0.29, 0.717) is 5.75 Å². The van der Waals surface area contributed by atoms with Crippen LogP contribution in [0.1, 0.15) is 12.5 Å². The SMILES string of the molecule is C[C@]1(CSCc2ccccc2)NC(=O)NC1O. The van der Waals surface area contributed by atoms with Crippen molar-refractivity contribution in [2.45, 2.75) is 24.4 Å². The monoisotopic (exact) mass is 252 g/mol. The van der Waals surface area contributed by atoms with Crippen molar-refractivity contribution >= 4 is 17.8 Å². The number of benzene rings is 1. The third-order valence-electron chi connectivity index (χ3n) is 2.78. The molecule has 1 saturated heterocycles. The number of hydrogen-bond donors (Lipinski definition) is 3. The third kappa shape index (κ3) is 2.92. The molecular weight excluding hydrogens is 236 g/mol. The molecule has 1 heterocycles. The highest BCUT2D eigenvalue weighted by molar-refractivity contribution is 7.98. The van der Waals surface area contributed by atoms with Gasteiger partial charge in [0.15, 0.2) is 6.23 Å². The minimum Gasteiger partial charge on any atom is -0.371 e. The molecule has 1 aliphatic rings. The fourth-order valence-corrected chi connectivity index (χ4v) is 2.90. The Morgan fingerprint density at radius 3 is 2.71 bits per heavy atom. The molecule has 1 aliphatic heterocycles. The van der Waals surface area contributed by atoms with Gasteiger partial charge < -0.3 is 15.7 Å². The second kappa shape index (κ2) is 4.98. The molecular formula is C12H16N2O2S. The Labute approximate surface area is 105 Å². The van der Waals surface area contributed by atoms with Gasteiger partial charge in [-0.2, -0.15) is 11.8 Å². The number of amides is 2. The summed E-state index contributed by atoms with van der Waals surface area (Å²) >= 11 is 1.69. The van der Waals surface area contributed by atoms with Gasteiger partial charge in [-0.3, -0.25) is 0 Å². The van der Waals surface area contributed by atoms with Crippen LogP contribution in [0, 0.1) is 0 Å². The second-order valence-corrected chi connectivity index (χ2v) is 5.38. The molecule has 0 saturated carbocycles. The van der Waals surface area contributed by atoms with Gasteiger partial charge in [0.05, 0.1) is 5.54 Å². The Balaban J connectivity index is 1.84. The van der Waals surface area contributed by atoms with E-state index in [-0.39, 0.29) is 6.03 Å². The molecule has 4 nitrogen and oxygen atoms in total. The van der Waals surface area contributed by atoms with Gasteiger partial charge in [0.25, 0.3) is 0 Å². The first-order valence-electron chi connectivity index (χ1n) is 5.48. The fraction of sp³-hybridized carbons (Fsp3) is 0.417. The van der Waals surface area contributed by atoms with Gasteiger partial charge in [0, 0.05) is 11.5 Å². The van der Waals surface area contributed by atoms with Gasteiger partial charge in [0.1, 0.15) is 0 Å². The molecule has 5 heteroatoms. The van der Waals surface area contributed by atoms with Gasteiger partial charge in [-0.15, -0.1) is 0 Å². The number of thioether (sulfide) groups is 1. The molecule has 1 aromatic carbocycles. The minimum atomic E-state index is -0.821. The standard InChI is InChI=1S/C12H16N2O2S/c1-12(10(15)13-11(16)14-12)8-17-7-9-5-3-2-4-6-9/h2-6,10,15H,7-8H2,1H3,(H2,13,14,16)/t10?,12-/m1/s1. The maximum atomic E-state index is 11.1. The lowest BCUT2D eigenvalue weighted by Gasteiger charge is -2.25. The summed E-state index contributed by atoms with van der Waals surface area (Å²) in [6.45, 7) is 1.84. The molecule has 1 unspecified atom stereocenters. The van der Waals surface area contributed by atoms with Crippen molar-refractivity contribution < 1.29 is 9.90 Å². The molecule has 0 spiro atoms. The molecule has 0 aliphatic carbocycles. The van der Waals surface area contributed by atoms with Crippen LogP contribution in [-0.2, 0) is 5.75 Å². The number of urea groups is 1. The van der Waals surface area contributed by atoms with Gasteiger partial charge in [-0.1, -0.05) is 30.3 Å². The van der Waals surface area contributed by atoms with E-state index in [0.717, 1.165) is 5.75 Å². The first-order chi connectivity index (χ1) is 8.10. The molecule has 0 radical (unpaired) electrons. The van der Waals surface area contributed by atoms with Crippen LogP contribution in [0.2, 0.25) is 0 Å². The van der Waals surface area contributed by atoms with Crippen LogP contribution in [0.5, 0.6) is 0 Å². The number of rotatable bonds is 4. The number of carbonyl (C=O) groups is 1. The van der Waals surface area contributed by atoms with Crippen molar-refractivity contribution in [1.29, 1.82) is 0 Å². The van der Waals surface area contributed by atoms with Crippen LogP contribution in [0.25, 0.3) is 0 Å². The number of aliphatic hydroxyl groups excluding tert-OH is 1. The maximum Gasteiger partial charge on any atom is 0.317 e. The third-order valence-corrected chi connectivity index (χ3v) is 4.13. The first-order valence-corrected chi connectivity index (χ1v) is 6.64. The zero-order valence-corrected chi connectivity index (χ0v) is 10.5. The molecule has 3 N–H and O–H groups in total. The van der Waals surface area contributed by atoms with Crippen molar-refractivity contribution in [1.82, 2.24) is 10.6 Å². The van der Waals surface area contributed by atoms with Crippen molar-refractivity contribution in [3.05, 3.63) is 35.9 Å². The van der Waals surface area contributed by atoms with Gasteiger partial charge in [-0.05, 0) is 12.5 Å². The van der Waals surface area contributed by atoms with Gasteiger partial charge in [0.2, 0.25) is 0 Å². The Bertz CT molecular complexity index is 399. The van der Waals surface area contributed by atoms with Crippen LogP contribution >= 0.6 is 11.8 Å². The summed E-state index contributed by atoms with van der Waals surface area (Å²) < 4.78 is 0. The highest BCUT2D eigenvalue weighted by atomic mass is 32.2. The highest BCUT2D eigenvalue weighted by Crippen LogP contribution is 2.22. The smallest absolute Gasteiger partial charge is 0.317 e. The summed E-state index contributed by atoms with van der Waals surface area (Å²) in [6.07, 6.45) is -0.821. The largest absolute Gasteiger partial charge is 0.371 e. The summed E-state index contributed by atoms with van der Waals surface area (Å²) in [7, 11) is 0. The minimum absolute atomic E-state index is 0.305. The molecule has 0 bridgehead atoms. The van der Waals surface area contributed by atoms with Crippen LogP contribution in [0.3, 0.4) is 0 Å². The maximum absolute atomic E-state index is 11.1.